The van der Waals surface area contributed by atoms with E-state index in [-0.39, 0.29) is 5.56 Å². The molecule has 0 saturated heterocycles. The second kappa shape index (κ2) is 3.32. The number of benzene rings is 1. The van der Waals surface area contributed by atoms with Gasteiger partial charge in [0, 0.05) is 12.8 Å². The molecule has 0 bridgehead atoms. The van der Waals surface area contributed by atoms with E-state index in [9.17, 15) is 4.79 Å². The van der Waals surface area contributed by atoms with Gasteiger partial charge in [0.2, 0.25) is 0 Å². The van der Waals surface area contributed by atoms with E-state index in [4.69, 9.17) is 16.3 Å². The summed E-state index contributed by atoms with van der Waals surface area (Å²) in [6, 6.07) is 6.52. The summed E-state index contributed by atoms with van der Waals surface area (Å²) in [4.78, 5) is 10.9. The van der Waals surface area contributed by atoms with E-state index in [2.05, 4.69) is 5.92 Å². The molecule has 15 heavy (non-hydrogen) atoms. The summed E-state index contributed by atoms with van der Waals surface area (Å²) in [6.07, 6.45) is 6.90. The third-order valence-electron chi connectivity index (χ3n) is 2.39. The number of carboxylic acid groups (broad SMARTS) is 1. The minimum absolute atomic E-state index is 0.152. The molecule has 1 fully saturated rings. The molecule has 1 N–H and O–H groups in total. The number of terminal acetylenes is 1. The van der Waals surface area contributed by atoms with Gasteiger partial charge in [0.15, 0.2) is 5.60 Å². The van der Waals surface area contributed by atoms with E-state index in [0.29, 0.717) is 5.75 Å². The van der Waals surface area contributed by atoms with Crippen molar-refractivity contribution in [2.45, 2.75) is 18.4 Å². The maximum absolute atomic E-state index is 10.9. The fourth-order valence-electron chi connectivity index (χ4n) is 1.33. The van der Waals surface area contributed by atoms with E-state index in [1.54, 1.807) is 18.2 Å². The molecule has 1 saturated carbocycles. The van der Waals surface area contributed by atoms with Gasteiger partial charge in [-0.25, -0.2) is 4.79 Å². The van der Waals surface area contributed by atoms with Crippen LogP contribution >= 0.6 is 0 Å². The number of carboxylic acids is 1. The second-order valence-corrected chi connectivity index (χ2v) is 3.54. The highest BCUT2D eigenvalue weighted by Crippen LogP contribution is 2.40. The first-order chi connectivity index (χ1) is 7.17. The van der Waals surface area contributed by atoms with Gasteiger partial charge in [0.1, 0.15) is 11.3 Å². The Morgan fingerprint density at radius 3 is 2.67 bits per heavy atom. The Morgan fingerprint density at radius 1 is 1.47 bits per heavy atom. The summed E-state index contributed by atoms with van der Waals surface area (Å²) >= 11 is 0. The number of para-hydroxylation sites is 1. The van der Waals surface area contributed by atoms with Gasteiger partial charge in [-0.15, -0.1) is 6.42 Å². The molecule has 1 aliphatic rings. The molecular formula is C12H10O3. The number of ether oxygens (including phenoxy) is 1. The lowest BCUT2D eigenvalue weighted by molar-refractivity contribution is 0.0690. The largest absolute Gasteiger partial charge is 0.478 e. The Morgan fingerprint density at radius 2 is 2.13 bits per heavy atom. The van der Waals surface area contributed by atoms with Crippen molar-refractivity contribution < 1.29 is 14.6 Å². The van der Waals surface area contributed by atoms with Crippen molar-refractivity contribution in [3.05, 3.63) is 29.8 Å². The first kappa shape index (κ1) is 9.60. The second-order valence-electron chi connectivity index (χ2n) is 3.54. The Bertz CT molecular complexity index is 438. The standard InChI is InChI=1S/C12H10O3/c1-2-12(7-8-12)15-10-6-4-3-5-9(10)11(13)14/h1,3-6H,7-8H2,(H,13,14). The van der Waals surface area contributed by atoms with Crippen LogP contribution in [0.5, 0.6) is 5.75 Å². The molecule has 2 rings (SSSR count). The van der Waals surface area contributed by atoms with Crippen LogP contribution in [0.4, 0.5) is 0 Å². The lowest BCUT2D eigenvalue weighted by atomic mass is 10.2. The Hall–Kier alpha value is -1.95. The van der Waals surface area contributed by atoms with Crippen LogP contribution in [0, 0.1) is 12.3 Å². The van der Waals surface area contributed by atoms with Gasteiger partial charge in [-0.2, -0.15) is 0 Å². The fourth-order valence-corrected chi connectivity index (χ4v) is 1.33. The number of hydrogen-bond acceptors (Lipinski definition) is 2. The van der Waals surface area contributed by atoms with Crippen LogP contribution in [0.15, 0.2) is 24.3 Å². The van der Waals surface area contributed by atoms with Crippen LogP contribution in [0.2, 0.25) is 0 Å². The fraction of sp³-hybridized carbons (Fsp3) is 0.250. The third kappa shape index (κ3) is 1.79. The SMILES string of the molecule is C#CC1(Oc2ccccc2C(=O)O)CC1. The molecule has 0 atom stereocenters. The Kier molecular flexibility index (Phi) is 2.12. The lowest BCUT2D eigenvalue weighted by Gasteiger charge is -2.13. The highest BCUT2D eigenvalue weighted by atomic mass is 16.5. The average molecular weight is 202 g/mol. The zero-order valence-corrected chi connectivity index (χ0v) is 8.06. The van der Waals surface area contributed by atoms with Gasteiger partial charge in [0.05, 0.1) is 0 Å². The Labute approximate surface area is 87.7 Å². The predicted molar refractivity (Wildman–Crippen MR) is 54.8 cm³/mol. The maximum Gasteiger partial charge on any atom is 0.339 e. The van der Waals surface area contributed by atoms with E-state index in [0.717, 1.165) is 12.8 Å². The average Bonchev–Trinajstić information content (AvgIpc) is 2.99. The molecule has 0 amide bonds. The molecule has 3 nitrogen and oxygen atoms in total. The smallest absolute Gasteiger partial charge is 0.339 e. The molecule has 0 radical (unpaired) electrons. The van der Waals surface area contributed by atoms with Crippen molar-refractivity contribution in [3.8, 4) is 18.1 Å². The summed E-state index contributed by atoms with van der Waals surface area (Å²) in [5.74, 6) is 1.90. The van der Waals surface area contributed by atoms with E-state index >= 15 is 0 Å². The molecule has 0 spiro atoms. The molecule has 0 aromatic heterocycles. The van der Waals surface area contributed by atoms with Gasteiger partial charge in [-0.3, -0.25) is 0 Å². The monoisotopic (exact) mass is 202 g/mol. The molecular weight excluding hydrogens is 192 g/mol. The number of aromatic carboxylic acids is 1. The van der Waals surface area contributed by atoms with Gasteiger partial charge in [-0.05, 0) is 12.1 Å². The van der Waals surface area contributed by atoms with E-state index in [1.807, 2.05) is 0 Å². The Balaban J connectivity index is 2.29. The lowest BCUT2D eigenvalue weighted by Crippen LogP contribution is -2.16. The molecule has 1 aliphatic carbocycles. The quantitative estimate of drug-likeness (QED) is 0.762. The van der Waals surface area contributed by atoms with Crippen LogP contribution in [0.3, 0.4) is 0 Å². The maximum atomic E-state index is 10.9. The van der Waals surface area contributed by atoms with Crippen molar-refractivity contribution in [2.24, 2.45) is 0 Å². The number of carbonyl (C=O) groups is 1. The van der Waals surface area contributed by atoms with Gasteiger partial charge >= 0.3 is 5.97 Å². The zero-order valence-electron chi connectivity index (χ0n) is 8.06. The van der Waals surface area contributed by atoms with Crippen molar-refractivity contribution in [1.29, 1.82) is 0 Å². The van der Waals surface area contributed by atoms with Crippen LogP contribution in [-0.4, -0.2) is 16.7 Å². The topological polar surface area (TPSA) is 46.5 Å². The molecule has 1 aromatic carbocycles. The minimum Gasteiger partial charge on any atom is -0.478 e. The third-order valence-corrected chi connectivity index (χ3v) is 2.39. The number of hydrogen-bond donors (Lipinski definition) is 1. The van der Waals surface area contributed by atoms with Gasteiger partial charge in [-0.1, -0.05) is 18.1 Å². The normalized spacial score (nSPS) is 16.5. The number of rotatable bonds is 3. The molecule has 1 aromatic rings. The summed E-state index contributed by atoms with van der Waals surface area (Å²) in [5, 5.41) is 8.92. The van der Waals surface area contributed by atoms with Gasteiger partial charge in [0.25, 0.3) is 0 Å². The van der Waals surface area contributed by atoms with Gasteiger partial charge < -0.3 is 9.84 Å². The molecule has 0 aliphatic heterocycles. The van der Waals surface area contributed by atoms with Crippen molar-refractivity contribution in [2.75, 3.05) is 0 Å². The first-order valence-electron chi connectivity index (χ1n) is 4.66. The molecule has 0 unspecified atom stereocenters. The van der Waals surface area contributed by atoms with Crippen molar-refractivity contribution in [1.82, 2.24) is 0 Å². The van der Waals surface area contributed by atoms with Crippen LogP contribution in [-0.2, 0) is 0 Å². The van der Waals surface area contributed by atoms with Crippen LogP contribution in [0.1, 0.15) is 23.2 Å². The highest BCUT2D eigenvalue weighted by Gasteiger charge is 2.44. The predicted octanol–water partition coefficient (Wildman–Crippen LogP) is 1.93. The van der Waals surface area contributed by atoms with Crippen molar-refractivity contribution in [3.63, 3.8) is 0 Å². The zero-order chi connectivity index (χ0) is 10.9. The minimum atomic E-state index is -1.00. The molecule has 76 valence electrons. The summed E-state index contributed by atoms with van der Waals surface area (Å²) in [6.45, 7) is 0. The molecule has 0 heterocycles. The van der Waals surface area contributed by atoms with Crippen molar-refractivity contribution >= 4 is 5.97 Å². The summed E-state index contributed by atoms with van der Waals surface area (Å²) in [7, 11) is 0. The van der Waals surface area contributed by atoms with E-state index < -0.39 is 11.6 Å². The highest BCUT2D eigenvalue weighted by molar-refractivity contribution is 5.90. The summed E-state index contributed by atoms with van der Waals surface area (Å²) < 4.78 is 5.54. The first-order valence-corrected chi connectivity index (χ1v) is 4.66. The van der Waals surface area contributed by atoms with E-state index in [1.165, 1.54) is 6.07 Å². The van der Waals surface area contributed by atoms with Crippen LogP contribution in [0.25, 0.3) is 0 Å². The van der Waals surface area contributed by atoms with Crippen LogP contribution < -0.4 is 4.74 Å². The summed E-state index contributed by atoms with van der Waals surface area (Å²) in [5.41, 5.74) is -0.412. The molecule has 3 heteroatoms.